The number of aryl methyl sites for hydroxylation is 2. The topological polar surface area (TPSA) is 52.6 Å². The number of nitrogens with zero attached hydrogens (tertiary/aromatic N) is 3. The van der Waals surface area contributed by atoms with Gasteiger partial charge in [-0.1, -0.05) is 24.3 Å². The van der Waals surface area contributed by atoms with Crippen molar-refractivity contribution in [3.05, 3.63) is 70.6 Å². The Morgan fingerprint density at radius 3 is 2.90 bits per heavy atom. The van der Waals surface area contributed by atoms with Gasteiger partial charge in [0.15, 0.2) is 5.84 Å². The van der Waals surface area contributed by atoms with Crippen molar-refractivity contribution in [2.24, 2.45) is 4.99 Å². The van der Waals surface area contributed by atoms with Crippen molar-refractivity contribution in [3.8, 4) is 0 Å². The summed E-state index contributed by atoms with van der Waals surface area (Å²) in [6, 6.07) is 15.3. The van der Waals surface area contributed by atoms with Gasteiger partial charge in [-0.15, -0.1) is 11.3 Å². The number of para-hydroxylation sites is 2. The number of anilines is 2. The molecule has 0 aliphatic carbocycles. The van der Waals surface area contributed by atoms with Gasteiger partial charge in [0, 0.05) is 27.1 Å². The van der Waals surface area contributed by atoms with Crippen LogP contribution in [0.3, 0.4) is 0 Å². The van der Waals surface area contributed by atoms with Crippen LogP contribution < -0.4 is 10.6 Å². The van der Waals surface area contributed by atoms with Crippen LogP contribution in [-0.2, 0) is 6.42 Å². The zero-order valence-corrected chi connectivity index (χ0v) is 17.7. The lowest BCUT2D eigenvalue weighted by atomic mass is 10.0. The van der Waals surface area contributed by atoms with E-state index in [4.69, 9.17) is 9.98 Å². The molecule has 1 fully saturated rings. The normalized spacial score (nSPS) is 18.1. The average Bonchev–Trinajstić information content (AvgIpc) is 3.05. The van der Waals surface area contributed by atoms with E-state index in [1.807, 2.05) is 37.3 Å². The fourth-order valence-electron chi connectivity index (χ4n) is 4.05. The molecule has 2 aromatic carbocycles. The molecule has 30 heavy (non-hydrogen) atoms. The molecular weight excluding hydrogens is 397 g/mol. The minimum Gasteiger partial charge on any atom is -0.352 e. The maximum atomic E-state index is 13.2. The highest BCUT2D eigenvalue weighted by Crippen LogP contribution is 2.37. The van der Waals surface area contributed by atoms with E-state index in [9.17, 15) is 4.39 Å². The summed E-state index contributed by atoms with van der Waals surface area (Å²) in [5.74, 6) is 0.760. The number of rotatable bonds is 3. The van der Waals surface area contributed by atoms with E-state index in [2.05, 4.69) is 21.6 Å². The van der Waals surface area contributed by atoms with Crippen molar-refractivity contribution in [2.75, 3.05) is 25.0 Å². The lowest BCUT2D eigenvalue weighted by Crippen LogP contribution is -2.53. The van der Waals surface area contributed by atoms with Crippen molar-refractivity contribution in [1.82, 2.24) is 15.2 Å². The molecule has 2 aliphatic rings. The molecule has 5 nitrogen and oxygen atoms in total. The monoisotopic (exact) mass is 423 g/mol. The van der Waals surface area contributed by atoms with Gasteiger partial charge >= 0.3 is 0 Å². The van der Waals surface area contributed by atoms with Crippen molar-refractivity contribution >= 4 is 33.5 Å². The maximum Gasteiger partial charge on any atom is 0.158 e. The van der Waals surface area contributed by atoms with Crippen LogP contribution in [0.25, 0.3) is 0 Å². The number of hydrogen-bond acceptors (Lipinski definition) is 6. The van der Waals surface area contributed by atoms with Gasteiger partial charge in [-0.3, -0.25) is 0 Å². The summed E-state index contributed by atoms with van der Waals surface area (Å²) < 4.78 is 13.2. The SMILES string of the molecule is Cc1nc2c(s1)Nc1ccccc1N=C2N1CCN[C@@H](CCc2ccc(F)cc2)C1.[HH]. The van der Waals surface area contributed by atoms with Gasteiger partial charge in [-0.05, 0) is 49.6 Å². The lowest BCUT2D eigenvalue weighted by molar-refractivity contribution is 0.282. The molecule has 2 aliphatic heterocycles. The molecular formula is C23H26FN5S. The standard InChI is InChI=1S/C23H24FN5S.H2/c1-15-26-21-22(27-19-4-2-3-5-20(19)28-23(21)30-15)29-13-12-25-18(14-29)11-8-16-6-9-17(24)10-7-16;/h2-7,9-10,18,25,28H,8,11-14H2,1H3;1H/t18-;/m0./s1. The van der Waals surface area contributed by atoms with E-state index < -0.39 is 0 Å². The van der Waals surface area contributed by atoms with Gasteiger partial charge in [0.2, 0.25) is 0 Å². The number of amidine groups is 1. The number of halogens is 1. The lowest BCUT2D eigenvalue weighted by Gasteiger charge is -2.35. The van der Waals surface area contributed by atoms with E-state index in [0.717, 1.165) is 71.0 Å². The highest BCUT2D eigenvalue weighted by Gasteiger charge is 2.28. The maximum absolute atomic E-state index is 13.2. The van der Waals surface area contributed by atoms with Crippen LogP contribution in [0.15, 0.2) is 53.5 Å². The Morgan fingerprint density at radius 2 is 2.03 bits per heavy atom. The minimum atomic E-state index is -0.185. The number of benzene rings is 2. The molecule has 0 unspecified atom stereocenters. The number of aromatic nitrogens is 1. The molecule has 0 spiro atoms. The van der Waals surface area contributed by atoms with Crippen molar-refractivity contribution in [1.29, 1.82) is 0 Å². The number of fused-ring (bicyclic) bond motifs is 2. The zero-order valence-electron chi connectivity index (χ0n) is 16.9. The molecule has 0 amide bonds. The third-order valence-electron chi connectivity index (χ3n) is 5.57. The molecule has 156 valence electrons. The van der Waals surface area contributed by atoms with E-state index in [1.54, 1.807) is 11.3 Å². The first-order valence-electron chi connectivity index (χ1n) is 10.3. The number of nitrogens with one attached hydrogen (secondary N) is 2. The van der Waals surface area contributed by atoms with Crippen LogP contribution in [0.4, 0.5) is 20.8 Å². The Balaban J connectivity index is 0.00000231. The fourth-order valence-corrected chi connectivity index (χ4v) is 4.88. The number of piperazine rings is 1. The predicted octanol–water partition coefficient (Wildman–Crippen LogP) is 4.88. The van der Waals surface area contributed by atoms with Gasteiger partial charge in [-0.2, -0.15) is 0 Å². The minimum absolute atomic E-state index is 0. The Bertz CT molecular complexity index is 1080. The first-order chi connectivity index (χ1) is 14.7. The highest BCUT2D eigenvalue weighted by atomic mass is 32.1. The molecule has 2 N–H and O–H groups in total. The van der Waals surface area contributed by atoms with Gasteiger partial charge in [0.05, 0.1) is 16.4 Å². The summed E-state index contributed by atoms with van der Waals surface area (Å²) in [7, 11) is 0. The van der Waals surface area contributed by atoms with Crippen LogP contribution in [0.1, 0.15) is 24.1 Å². The van der Waals surface area contributed by atoms with E-state index in [0.29, 0.717) is 6.04 Å². The summed E-state index contributed by atoms with van der Waals surface area (Å²) in [4.78, 5) is 12.2. The largest absolute Gasteiger partial charge is 0.352 e. The van der Waals surface area contributed by atoms with Crippen LogP contribution in [0.2, 0.25) is 0 Å². The summed E-state index contributed by atoms with van der Waals surface area (Å²) >= 11 is 1.67. The van der Waals surface area contributed by atoms with Crippen LogP contribution in [-0.4, -0.2) is 41.4 Å². The quantitative estimate of drug-likeness (QED) is 0.631. The number of thiazole rings is 1. The van der Waals surface area contributed by atoms with Crippen LogP contribution in [0.5, 0.6) is 0 Å². The van der Waals surface area contributed by atoms with E-state index in [1.165, 1.54) is 12.1 Å². The first-order valence-corrected chi connectivity index (χ1v) is 11.1. The zero-order chi connectivity index (χ0) is 20.5. The van der Waals surface area contributed by atoms with Gasteiger partial charge < -0.3 is 15.5 Å². The Kier molecular flexibility index (Phi) is 5.23. The first kappa shape index (κ1) is 19.2. The number of aliphatic imine (C=N–C) groups is 1. The molecule has 3 heterocycles. The van der Waals surface area contributed by atoms with Crippen molar-refractivity contribution in [3.63, 3.8) is 0 Å². The molecule has 7 heteroatoms. The second-order valence-electron chi connectivity index (χ2n) is 7.75. The molecule has 0 radical (unpaired) electrons. The number of hydrogen-bond donors (Lipinski definition) is 2. The highest BCUT2D eigenvalue weighted by molar-refractivity contribution is 7.16. The molecule has 0 bridgehead atoms. The van der Waals surface area contributed by atoms with E-state index >= 15 is 0 Å². The predicted molar refractivity (Wildman–Crippen MR) is 123 cm³/mol. The Labute approximate surface area is 181 Å². The van der Waals surface area contributed by atoms with Gasteiger partial charge in [-0.25, -0.2) is 14.4 Å². The third kappa shape index (κ3) is 3.95. The molecule has 1 aromatic heterocycles. The van der Waals surface area contributed by atoms with Gasteiger partial charge in [0.25, 0.3) is 0 Å². The van der Waals surface area contributed by atoms with Crippen molar-refractivity contribution < 1.29 is 5.82 Å². The second kappa shape index (κ2) is 8.16. The molecule has 1 saturated heterocycles. The Hall–Kier alpha value is -2.77. The molecule has 3 aromatic rings. The molecule has 0 saturated carbocycles. The molecule has 1 atom stereocenters. The van der Waals surface area contributed by atoms with Crippen LogP contribution >= 0.6 is 11.3 Å². The summed E-state index contributed by atoms with van der Waals surface area (Å²) in [5.41, 5.74) is 4.06. The second-order valence-corrected chi connectivity index (χ2v) is 8.95. The fraction of sp³-hybridized carbons (Fsp3) is 0.304. The third-order valence-corrected chi connectivity index (χ3v) is 6.46. The summed E-state index contributed by atoms with van der Waals surface area (Å²) in [6.07, 6.45) is 1.91. The average molecular weight is 424 g/mol. The van der Waals surface area contributed by atoms with Crippen LogP contribution in [0, 0.1) is 12.7 Å². The Morgan fingerprint density at radius 1 is 1.20 bits per heavy atom. The van der Waals surface area contributed by atoms with Crippen molar-refractivity contribution in [2.45, 2.75) is 25.8 Å². The smallest absolute Gasteiger partial charge is 0.158 e. The molecule has 5 rings (SSSR count). The summed E-state index contributed by atoms with van der Waals surface area (Å²) in [6.45, 7) is 4.70. The van der Waals surface area contributed by atoms with Gasteiger partial charge in [0.1, 0.15) is 16.5 Å². The van der Waals surface area contributed by atoms with E-state index in [-0.39, 0.29) is 7.24 Å². The summed E-state index contributed by atoms with van der Waals surface area (Å²) in [5, 5.41) is 9.24.